The van der Waals surface area contributed by atoms with Gasteiger partial charge in [0.1, 0.15) is 24.1 Å². The average Bonchev–Trinajstić information content (AvgIpc) is 1.62. The molecule has 3 aromatic carbocycles. The number of carbonyl (C=O) groups excluding carboxylic acids is 1. The second kappa shape index (κ2) is 30.9. The standard InChI is InChI=1S/C63H73N9O14S3.W.Y/c1-7-41(36-50(60(75)76)68-58(73)45-19-23-46(24-20-45)65-37-47-38-66-57-55(67-47)59(74)70-61(64)69-57)14-13-31-86-56-43(21-27-53-62(3,4)48-34-40(2)17-25-51(48)71(53)29-8-10-32-87(77,78)79)15-12-16-44(56)22-28-54-63(5,6)49-35-42(39-89(83,84)85)18-26-52(49)72(54)30-9-11-33-88(80,81)82;;/h7,13-14,17-28,31,34-35,38,50H,1,8-12,15-16,29-30,32-33,36-37,39H2,2-6H3,(H8-,64,65,66,68,69,70,73,74,75,76,77,78,79,80,81,82,83,84,85);;/b31-13+,41-14+;;/t50-;;/m0../s1/i7+1,13+1,14+1,31+1,36+1,41+1,50+1,60+1;;. The van der Waals surface area contributed by atoms with Crippen molar-refractivity contribution in [2.45, 2.75) is 115 Å². The number of benzene rings is 3. The first-order valence-corrected chi connectivity index (χ1v) is 33.6. The maximum Gasteiger partial charge on any atom is 0.326 e. The van der Waals surface area contributed by atoms with E-state index in [4.69, 9.17) is 10.5 Å². The Morgan fingerprint density at radius 3 is 2.32 bits per heavy atom. The molecule has 0 fully saturated rings. The van der Waals surface area contributed by atoms with Crippen molar-refractivity contribution in [3.63, 3.8) is 0 Å². The van der Waals surface area contributed by atoms with E-state index in [1.165, 1.54) is 30.7 Å². The molecular weight excluding hydrogens is 1480 g/mol. The van der Waals surface area contributed by atoms with Crippen LogP contribution in [0.2, 0.25) is 0 Å². The third-order valence-electron chi connectivity index (χ3n) is 15.8. The second-order valence-electron chi connectivity index (χ2n) is 23.2. The molecule has 91 heavy (non-hydrogen) atoms. The molecule has 23 nitrogen and oxygen atoms in total. The Bertz CT molecular complexity index is 4260. The molecule has 5 aromatic rings. The Balaban J connectivity index is 0.00000658. The number of nitrogens with two attached hydrogens (primary N) is 1. The van der Waals surface area contributed by atoms with E-state index in [0.29, 0.717) is 73.5 Å². The van der Waals surface area contributed by atoms with Gasteiger partial charge in [0.2, 0.25) is 11.6 Å². The van der Waals surface area contributed by atoms with Crippen LogP contribution in [0.1, 0.15) is 117 Å². The minimum Gasteiger partial charge on any atom is -0.748 e. The summed E-state index contributed by atoms with van der Waals surface area (Å²) in [5, 5.41) is 16.1. The molecule has 8 N–H and O–H groups in total. The maximum atomic E-state index is 13.5. The molecule has 4 heterocycles. The zero-order valence-electron chi connectivity index (χ0n) is 51.0. The minimum atomic E-state index is -4.47. The summed E-state index contributed by atoms with van der Waals surface area (Å²) >= 11 is 0. The summed E-state index contributed by atoms with van der Waals surface area (Å²) in [5.74, 6) is -3.00. The van der Waals surface area contributed by atoms with Gasteiger partial charge in [0.15, 0.2) is 16.9 Å². The van der Waals surface area contributed by atoms with E-state index < -0.39 is 76.2 Å². The third kappa shape index (κ3) is 19.3. The molecular formula is C63H73N9O14S3WY. The number of aliphatic carboxylic acids is 1. The van der Waals surface area contributed by atoms with Crippen molar-refractivity contribution in [3.05, 3.63) is 194 Å². The van der Waals surface area contributed by atoms with Crippen LogP contribution in [0.5, 0.6) is 0 Å². The molecule has 1 aliphatic carbocycles. The van der Waals surface area contributed by atoms with Gasteiger partial charge in [0.05, 0.1) is 46.0 Å². The number of H-pyrrole nitrogens is 1. The number of amides is 1. The Hall–Kier alpha value is -6.61. The second-order valence-corrected chi connectivity index (χ2v) is 27.7. The van der Waals surface area contributed by atoms with Gasteiger partial charge in [-0.1, -0.05) is 62.4 Å². The number of hydrogen-bond acceptors (Lipinski definition) is 17. The van der Waals surface area contributed by atoms with Crippen molar-refractivity contribution in [3.8, 4) is 0 Å². The number of aromatic nitrogens is 4. The number of carbonyl (C=O) groups is 2. The van der Waals surface area contributed by atoms with Crippen molar-refractivity contribution < 1.29 is 117 Å². The van der Waals surface area contributed by atoms with Gasteiger partial charge in [0, 0.05) is 125 Å². The van der Waals surface area contributed by atoms with Crippen molar-refractivity contribution in [1.82, 2.24) is 25.3 Å². The van der Waals surface area contributed by atoms with Crippen LogP contribution in [0.25, 0.3) is 11.2 Å². The maximum absolute atomic E-state index is 13.5. The number of hydrogen-bond donors (Lipinski definition) is 7. The van der Waals surface area contributed by atoms with Crippen LogP contribution < -0.4 is 26.8 Å². The number of aryl methyl sites for hydroxylation is 1. The van der Waals surface area contributed by atoms with Gasteiger partial charge in [-0.05, 0) is 142 Å². The topological polar surface area (TPSA) is 357 Å². The fourth-order valence-electron chi connectivity index (χ4n) is 11.3. The van der Waals surface area contributed by atoms with E-state index in [1.807, 2.05) is 49.6 Å². The molecule has 3 aliphatic rings. The molecule has 1 radical (unpaired) electrons. The molecule has 1 amide bonds. The fourth-order valence-corrected chi connectivity index (χ4v) is 13.0. The van der Waals surface area contributed by atoms with Gasteiger partial charge < -0.3 is 35.7 Å². The molecule has 1 atom stereocenters. The summed E-state index contributed by atoms with van der Waals surface area (Å²) in [4.78, 5) is 55.5. The first-order valence-electron chi connectivity index (χ1n) is 28.8. The summed E-state index contributed by atoms with van der Waals surface area (Å²) in [7, 11) is -13.0. The average molecular weight is 1560 g/mol. The number of anilines is 3. The Labute approximate surface area is 569 Å². The number of carboxylic acid groups (broad SMARTS) is 1. The number of rotatable bonds is 27. The van der Waals surface area contributed by atoms with E-state index in [2.05, 4.69) is 74.1 Å². The summed E-state index contributed by atoms with van der Waals surface area (Å²) in [5.41, 5.74) is 14.0. The molecule has 8 rings (SSSR count). The normalized spacial score (nSPS) is 16.9. The molecule has 0 spiro atoms. The monoisotopic (exact) mass is 1560 g/mol. The number of nitrogen functional groups attached to an aromatic ring is 1. The first-order chi connectivity index (χ1) is 41.9. The quantitative estimate of drug-likeness (QED) is 0.00647. The predicted molar refractivity (Wildman–Crippen MR) is 340 cm³/mol. The van der Waals surface area contributed by atoms with Crippen molar-refractivity contribution in [2.24, 2.45) is 0 Å². The zero-order valence-corrected chi connectivity index (χ0v) is 59.2. The van der Waals surface area contributed by atoms with Crippen LogP contribution in [0.15, 0.2) is 155 Å². The van der Waals surface area contributed by atoms with Crippen LogP contribution in [-0.2, 0) is 117 Å². The smallest absolute Gasteiger partial charge is 0.326 e. The first kappa shape index (κ1) is 73.4. The molecule has 28 heteroatoms. The summed E-state index contributed by atoms with van der Waals surface area (Å²) in [6, 6.07) is 16.3. The van der Waals surface area contributed by atoms with Crippen molar-refractivity contribution >= 4 is 82.1 Å². The Morgan fingerprint density at radius 2 is 1.64 bits per heavy atom. The van der Waals surface area contributed by atoms with Gasteiger partial charge in [-0.3, -0.25) is 23.7 Å². The van der Waals surface area contributed by atoms with Crippen LogP contribution in [0, 0.1) is 6.92 Å². The van der Waals surface area contributed by atoms with Crippen LogP contribution in [0.3, 0.4) is 0 Å². The SMILES string of the molecule is C=[13CH]/[13C](=[13CH]\[13CH]=[13CH]\OC1=C(/C=C/C2=[N+](CCCCS(=O)(=O)[O-])c3ccc(CS(=O)(=O)O)cc3C2(C)C)CCC/C1=C\C=C1\N(CCCCS(=O)(=O)O)c2ccc(C)cc2C1(C)C)[13CH2][13C@H](NC(=O)c1ccc(NCc2cnc3nc(N)[nH]c(=O)c3n2)cc1)[13C](=O)O.[W].[Y]. The number of unbranched alkanes of at least 4 members (excludes halogenated alkanes) is 2. The third-order valence-corrected chi connectivity index (χ3v) is 18.1. The number of carboxylic acids is 1. The van der Waals surface area contributed by atoms with Crippen molar-refractivity contribution in [1.29, 1.82) is 0 Å². The van der Waals surface area contributed by atoms with Gasteiger partial charge in [-0.15, -0.1) is 0 Å². The van der Waals surface area contributed by atoms with E-state index in [0.717, 1.165) is 50.6 Å². The van der Waals surface area contributed by atoms with Crippen LogP contribution >= 0.6 is 0 Å². The molecule has 0 bridgehead atoms. The predicted octanol–water partition coefficient (Wildman–Crippen LogP) is 8.49. The molecule has 0 saturated carbocycles. The molecule has 2 aliphatic heterocycles. The van der Waals surface area contributed by atoms with Crippen LogP contribution in [-0.4, -0.2) is 117 Å². The van der Waals surface area contributed by atoms with Gasteiger partial charge in [-0.2, -0.15) is 26.4 Å². The summed E-state index contributed by atoms with van der Waals surface area (Å²) in [6.45, 7) is 15.1. The number of nitrogens with zero attached hydrogens (tertiary/aromatic N) is 5. The number of ether oxygens (including phenoxy) is 1. The largest absolute Gasteiger partial charge is 0.748 e. The van der Waals surface area contributed by atoms with Gasteiger partial charge in [0.25, 0.3) is 31.7 Å². The van der Waals surface area contributed by atoms with Gasteiger partial charge >= 0.3 is 5.97 Å². The fraction of sp³-hybridized carbons (Fsp3) is 0.349. The Morgan fingerprint density at radius 1 is 0.912 bits per heavy atom. The number of allylic oxidation sites excluding steroid dienone is 10. The molecule has 2 aromatic heterocycles. The zero-order chi connectivity index (χ0) is 64.6. The van der Waals surface area contributed by atoms with Gasteiger partial charge in [-0.25, -0.2) is 23.2 Å². The van der Waals surface area contributed by atoms with E-state index >= 15 is 0 Å². The molecule has 481 valence electrons. The Kier molecular flexibility index (Phi) is 24.9. The van der Waals surface area contributed by atoms with Crippen molar-refractivity contribution in [2.75, 3.05) is 40.5 Å². The number of fused-ring (bicyclic) bond motifs is 3. The molecule has 0 saturated heterocycles. The van der Waals surface area contributed by atoms with Crippen LogP contribution in [0.4, 0.5) is 23.0 Å². The van der Waals surface area contributed by atoms with E-state index in [9.17, 15) is 58.4 Å². The number of aromatic amines is 1. The van der Waals surface area contributed by atoms with E-state index in [1.54, 1.807) is 42.5 Å². The summed E-state index contributed by atoms with van der Waals surface area (Å²) in [6.07, 6.45) is 18.5. The minimum absolute atomic E-state index is 0. The summed E-state index contributed by atoms with van der Waals surface area (Å²) < 4.78 is 110. The molecule has 0 unspecified atom stereocenters. The van der Waals surface area contributed by atoms with E-state index in [-0.39, 0.29) is 108 Å². The number of nitrogens with one attached hydrogen (secondary N) is 3.